The summed E-state index contributed by atoms with van der Waals surface area (Å²) in [7, 11) is 1.28. The van der Waals surface area contributed by atoms with E-state index in [-0.39, 0.29) is 23.4 Å². The highest BCUT2D eigenvalue weighted by atomic mass is 35.5. The summed E-state index contributed by atoms with van der Waals surface area (Å²) in [6.45, 7) is 1.18. The molecule has 1 unspecified atom stereocenters. The van der Waals surface area contributed by atoms with E-state index in [0.717, 1.165) is 6.42 Å². The lowest BCUT2D eigenvalue weighted by molar-refractivity contribution is -0.131. The van der Waals surface area contributed by atoms with Gasteiger partial charge in [-0.25, -0.2) is 9.78 Å². The Bertz CT molecular complexity index is 1970. The summed E-state index contributed by atoms with van der Waals surface area (Å²) in [5.74, 6) is -0.0653. The SMILES string of the molecule is COC(=O)Nc1ccc(-c2nc([C@H](CC(=O)N3CCC(c4ccccc4)C3)NC(=O)C=Cc3cc(Cl)ccc3-n3cnnn3)[nH]c2Cl)cc1. The van der Waals surface area contributed by atoms with Gasteiger partial charge in [0, 0.05) is 46.9 Å². The van der Waals surface area contributed by atoms with Crippen molar-refractivity contribution in [3.8, 4) is 16.9 Å². The second kappa shape index (κ2) is 15.1. The summed E-state index contributed by atoms with van der Waals surface area (Å²) in [5, 5.41) is 17.5. The highest BCUT2D eigenvalue weighted by Crippen LogP contribution is 2.31. The van der Waals surface area contributed by atoms with Gasteiger partial charge in [0.1, 0.15) is 23.0 Å². The highest BCUT2D eigenvalue weighted by Gasteiger charge is 2.31. The Hall–Kier alpha value is -5.53. The van der Waals surface area contributed by atoms with Crippen LogP contribution in [0, 0.1) is 0 Å². The lowest BCUT2D eigenvalue weighted by atomic mass is 9.99. The number of hydrogen-bond donors (Lipinski definition) is 3. The number of aromatic nitrogens is 6. The topological polar surface area (TPSA) is 160 Å². The maximum atomic E-state index is 13.7. The van der Waals surface area contributed by atoms with Crippen molar-refractivity contribution in [1.29, 1.82) is 0 Å². The van der Waals surface area contributed by atoms with Gasteiger partial charge in [-0.05, 0) is 58.8 Å². The lowest BCUT2D eigenvalue weighted by Crippen LogP contribution is -2.35. The molecular weight excluding hydrogens is 669 g/mol. The van der Waals surface area contributed by atoms with E-state index in [1.165, 1.54) is 29.8 Å². The zero-order chi connectivity index (χ0) is 34.3. The predicted octanol–water partition coefficient (Wildman–Crippen LogP) is 5.81. The molecule has 0 radical (unpaired) electrons. The minimum Gasteiger partial charge on any atom is -0.453 e. The number of rotatable bonds is 10. The number of likely N-dealkylation sites (tertiary alicyclic amines) is 1. The summed E-state index contributed by atoms with van der Waals surface area (Å²) < 4.78 is 6.10. The maximum absolute atomic E-state index is 13.7. The first-order chi connectivity index (χ1) is 23.8. The summed E-state index contributed by atoms with van der Waals surface area (Å²) >= 11 is 12.9. The molecule has 2 atom stereocenters. The number of carbonyl (C=O) groups excluding carboxylic acids is 3. The molecule has 1 aliphatic rings. The second-order valence-corrected chi connectivity index (χ2v) is 12.1. The van der Waals surface area contributed by atoms with E-state index in [0.29, 0.717) is 52.1 Å². The number of nitrogens with one attached hydrogen (secondary N) is 3. The molecule has 1 aliphatic heterocycles. The second-order valence-electron chi connectivity index (χ2n) is 11.3. The third-order valence-corrected chi connectivity index (χ3v) is 8.61. The molecule has 1 saturated heterocycles. The van der Waals surface area contributed by atoms with E-state index >= 15 is 0 Å². The highest BCUT2D eigenvalue weighted by molar-refractivity contribution is 6.32. The van der Waals surface area contributed by atoms with Crippen LogP contribution in [0.25, 0.3) is 23.0 Å². The largest absolute Gasteiger partial charge is 0.453 e. The van der Waals surface area contributed by atoms with Gasteiger partial charge in [0.05, 0.1) is 25.3 Å². The van der Waals surface area contributed by atoms with Crippen LogP contribution in [0.4, 0.5) is 10.5 Å². The van der Waals surface area contributed by atoms with Crippen LogP contribution in [0.2, 0.25) is 10.2 Å². The van der Waals surface area contributed by atoms with E-state index in [1.807, 2.05) is 23.1 Å². The van der Waals surface area contributed by atoms with Gasteiger partial charge in [-0.15, -0.1) is 5.10 Å². The number of halogens is 2. The number of H-pyrrole nitrogens is 1. The zero-order valence-electron chi connectivity index (χ0n) is 26.2. The van der Waals surface area contributed by atoms with Crippen molar-refractivity contribution in [2.24, 2.45) is 0 Å². The summed E-state index contributed by atoms with van der Waals surface area (Å²) in [5.41, 5.74) is 3.99. The van der Waals surface area contributed by atoms with Crippen molar-refractivity contribution in [1.82, 2.24) is 40.4 Å². The molecule has 0 bridgehead atoms. The van der Waals surface area contributed by atoms with Crippen molar-refractivity contribution < 1.29 is 19.1 Å². The van der Waals surface area contributed by atoms with E-state index in [4.69, 9.17) is 28.2 Å². The average molecular weight is 701 g/mol. The van der Waals surface area contributed by atoms with E-state index in [2.05, 4.69) is 48.0 Å². The molecule has 0 saturated carbocycles. The molecule has 3 aromatic carbocycles. The monoisotopic (exact) mass is 699 g/mol. The Kier molecular flexibility index (Phi) is 10.3. The molecule has 3 heterocycles. The third-order valence-electron chi connectivity index (χ3n) is 8.11. The molecule has 0 aliphatic carbocycles. The molecular formula is C34H31Cl2N9O4. The summed E-state index contributed by atoms with van der Waals surface area (Å²) in [6, 6.07) is 21.2. The molecule has 3 N–H and O–H groups in total. The third kappa shape index (κ3) is 8.13. The molecule has 6 rings (SSSR count). The molecule has 5 aromatic rings. The van der Waals surface area contributed by atoms with Crippen molar-refractivity contribution in [2.75, 3.05) is 25.5 Å². The van der Waals surface area contributed by atoms with Crippen LogP contribution in [0.15, 0.2) is 85.2 Å². The minimum atomic E-state index is -0.842. The molecule has 3 amide bonds. The molecule has 250 valence electrons. The number of methoxy groups -OCH3 is 1. The number of hydrogen-bond acceptors (Lipinski definition) is 8. The standard InChI is InChI=1S/C34H31Cl2N9O4/c1-49-34(48)38-26-11-7-22(8-12-26)31-32(36)41-33(40-31)27(18-30(47)44-16-15-24(19-44)21-5-3-2-4-6-21)39-29(46)14-9-23-17-25(35)10-13-28(23)45-20-37-42-43-45/h2-14,17,20,24,27H,15-16,18-19H2,1H3,(H,38,48)(H,39,46)(H,40,41)/t24?,27-/m0/s1. The molecule has 1 fully saturated rings. The van der Waals surface area contributed by atoms with E-state index in [9.17, 15) is 14.4 Å². The average Bonchev–Trinajstić information content (AvgIpc) is 3.90. The molecule has 13 nitrogen and oxygen atoms in total. The Morgan fingerprint density at radius 2 is 1.88 bits per heavy atom. The van der Waals surface area contributed by atoms with Gasteiger partial charge in [0.25, 0.3) is 0 Å². The van der Waals surface area contributed by atoms with Crippen LogP contribution in [-0.4, -0.2) is 73.2 Å². The fourth-order valence-electron chi connectivity index (χ4n) is 5.63. The number of carbonyl (C=O) groups is 3. The number of nitrogens with zero attached hydrogens (tertiary/aromatic N) is 6. The van der Waals surface area contributed by atoms with Gasteiger partial charge in [-0.1, -0.05) is 65.7 Å². The summed E-state index contributed by atoms with van der Waals surface area (Å²) in [4.78, 5) is 48.3. The molecule has 0 spiro atoms. The van der Waals surface area contributed by atoms with Gasteiger partial charge in [0.15, 0.2) is 0 Å². The molecule has 15 heteroatoms. The normalized spacial score (nSPS) is 14.9. The van der Waals surface area contributed by atoms with Gasteiger partial charge < -0.3 is 19.9 Å². The zero-order valence-corrected chi connectivity index (χ0v) is 27.7. The first-order valence-corrected chi connectivity index (χ1v) is 16.1. The van der Waals surface area contributed by atoms with Gasteiger partial charge in [-0.2, -0.15) is 4.68 Å². The minimum absolute atomic E-state index is 0.0562. The van der Waals surface area contributed by atoms with Crippen molar-refractivity contribution in [3.05, 3.63) is 112 Å². The smallest absolute Gasteiger partial charge is 0.411 e. The lowest BCUT2D eigenvalue weighted by Gasteiger charge is -2.21. The Balaban J connectivity index is 1.24. The molecule has 2 aromatic heterocycles. The Morgan fingerprint density at radius 3 is 2.61 bits per heavy atom. The number of imidazole rings is 1. The van der Waals surface area contributed by atoms with Crippen LogP contribution in [-0.2, 0) is 14.3 Å². The maximum Gasteiger partial charge on any atom is 0.411 e. The number of ether oxygens (including phenoxy) is 1. The predicted molar refractivity (Wildman–Crippen MR) is 184 cm³/mol. The van der Waals surface area contributed by atoms with Gasteiger partial charge >= 0.3 is 6.09 Å². The van der Waals surface area contributed by atoms with Crippen LogP contribution in [0.5, 0.6) is 0 Å². The van der Waals surface area contributed by atoms with E-state index in [1.54, 1.807) is 48.5 Å². The van der Waals surface area contributed by atoms with Crippen molar-refractivity contribution in [3.63, 3.8) is 0 Å². The number of aromatic amines is 1. The number of benzene rings is 3. The number of anilines is 1. The van der Waals surface area contributed by atoms with Crippen molar-refractivity contribution in [2.45, 2.75) is 24.8 Å². The van der Waals surface area contributed by atoms with Gasteiger partial charge in [0.2, 0.25) is 11.8 Å². The van der Waals surface area contributed by atoms with Gasteiger partial charge in [-0.3, -0.25) is 14.9 Å². The Labute approximate surface area is 291 Å². The summed E-state index contributed by atoms with van der Waals surface area (Å²) in [6.07, 6.45) is 4.56. The first kappa shape index (κ1) is 33.4. The first-order valence-electron chi connectivity index (χ1n) is 15.3. The van der Waals surface area contributed by atoms with Crippen LogP contribution >= 0.6 is 23.2 Å². The van der Waals surface area contributed by atoms with Crippen molar-refractivity contribution >= 4 is 52.9 Å². The number of tetrazole rings is 1. The fourth-order valence-corrected chi connectivity index (χ4v) is 6.06. The number of amides is 3. The fraction of sp³-hybridized carbons (Fsp3) is 0.206. The van der Waals surface area contributed by atoms with Crippen LogP contribution in [0.1, 0.15) is 41.8 Å². The van der Waals surface area contributed by atoms with Crippen LogP contribution < -0.4 is 10.6 Å². The van der Waals surface area contributed by atoms with E-state index < -0.39 is 18.0 Å². The van der Waals surface area contributed by atoms with Crippen LogP contribution in [0.3, 0.4) is 0 Å². The molecule has 49 heavy (non-hydrogen) atoms. The Morgan fingerprint density at radius 1 is 1.08 bits per heavy atom. The quantitative estimate of drug-likeness (QED) is 0.154.